The number of benzene rings is 1. The predicted octanol–water partition coefficient (Wildman–Crippen LogP) is 3.91. The van der Waals surface area contributed by atoms with Crippen LogP contribution in [0.1, 0.15) is 36.5 Å². The van der Waals surface area contributed by atoms with Gasteiger partial charge >= 0.3 is 0 Å². The summed E-state index contributed by atoms with van der Waals surface area (Å²) in [6.45, 7) is 3.61. The molecule has 2 N–H and O–H groups in total. The van der Waals surface area contributed by atoms with Crippen LogP contribution in [0.15, 0.2) is 41.2 Å². The van der Waals surface area contributed by atoms with E-state index in [-0.39, 0.29) is 22.0 Å². The molecule has 0 spiro atoms. The average Bonchev–Trinajstić information content (AvgIpc) is 2.58. The maximum Gasteiger partial charge on any atom is 0.258 e. The summed E-state index contributed by atoms with van der Waals surface area (Å²) in [5.41, 5.74) is -0.208. The van der Waals surface area contributed by atoms with E-state index in [0.29, 0.717) is 0 Å². The van der Waals surface area contributed by atoms with Gasteiger partial charge in [0.2, 0.25) is 5.56 Å². The van der Waals surface area contributed by atoms with Crippen LogP contribution in [0.3, 0.4) is 0 Å². The van der Waals surface area contributed by atoms with Gasteiger partial charge in [-0.15, -0.1) is 0 Å². The van der Waals surface area contributed by atoms with Crippen molar-refractivity contribution in [3.05, 3.63) is 63.2 Å². The molecule has 7 heteroatoms. The van der Waals surface area contributed by atoms with Crippen LogP contribution >= 0.6 is 11.6 Å². The highest BCUT2D eigenvalue weighted by molar-refractivity contribution is 6.34. The normalized spacial score (nSPS) is 17.2. The number of hydrogen-bond donors (Lipinski definition) is 2. The minimum absolute atomic E-state index is 0.00535. The van der Waals surface area contributed by atoms with Crippen molar-refractivity contribution in [1.29, 1.82) is 0 Å². The van der Waals surface area contributed by atoms with Crippen LogP contribution in [0.4, 0.5) is 10.2 Å². The third kappa shape index (κ3) is 5.97. The first-order valence-corrected chi connectivity index (χ1v) is 8.90. The van der Waals surface area contributed by atoms with E-state index in [0.717, 1.165) is 18.2 Å². The quantitative estimate of drug-likeness (QED) is 0.831. The molecule has 1 atom stereocenters. The summed E-state index contributed by atoms with van der Waals surface area (Å²) >= 11 is 5.75. The molecule has 2 heterocycles. The zero-order valence-corrected chi connectivity index (χ0v) is 15.6. The largest absolute Gasteiger partial charge is 0.309 e. The van der Waals surface area contributed by atoms with E-state index in [1.54, 1.807) is 0 Å². The van der Waals surface area contributed by atoms with E-state index >= 15 is 0 Å². The fourth-order valence-electron chi connectivity index (χ4n) is 2.63. The topological polar surface area (TPSA) is 65.2 Å². The first kappa shape index (κ1) is 20.1. The van der Waals surface area contributed by atoms with Gasteiger partial charge in [0, 0.05) is 12.1 Å². The summed E-state index contributed by atoms with van der Waals surface area (Å²) in [6, 6.07) is 8.63. The number of aromatic amines is 1. The lowest BCUT2D eigenvalue weighted by atomic mass is 10.1. The molecule has 3 rings (SSSR count). The smallest absolute Gasteiger partial charge is 0.258 e. The van der Waals surface area contributed by atoms with Gasteiger partial charge in [-0.05, 0) is 57.6 Å². The Hall–Kier alpha value is -2.18. The van der Waals surface area contributed by atoms with Crippen LogP contribution in [-0.4, -0.2) is 35.4 Å². The van der Waals surface area contributed by atoms with Gasteiger partial charge in [0.05, 0.1) is 10.6 Å². The van der Waals surface area contributed by atoms with Crippen molar-refractivity contribution >= 4 is 23.3 Å². The van der Waals surface area contributed by atoms with Crippen molar-refractivity contribution in [3.8, 4) is 0 Å². The Kier molecular flexibility index (Phi) is 7.36. The van der Waals surface area contributed by atoms with E-state index in [9.17, 15) is 14.0 Å². The summed E-state index contributed by atoms with van der Waals surface area (Å²) in [6.07, 6.45) is 4.24. The second kappa shape index (κ2) is 9.50. The van der Waals surface area contributed by atoms with Crippen LogP contribution < -0.4 is 10.9 Å². The Morgan fingerprint density at radius 1 is 1.31 bits per heavy atom. The van der Waals surface area contributed by atoms with Gasteiger partial charge in [-0.1, -0.05) is 24.1 Å². The summed E-state index contributed by atoms with van der Waals surface area (Å²) in [7, 11) is 2.21. The molecule has 1 aromatic carbocycles. The zero-order chi connectivity index (χ0) is 19.1. The predicted molar refractivity (Wildman–Crippen MR) is 102 cm³/mol. The van der Waals surface area contributed by atoms with E-state index in [4.69, 9.17) is 11.6 Å². The van der Waals surface area contributed by atoms with Crippen LogP contribution in [0.5, 0.6) is 0 Å². The lowest BCUT2D eigenvalue weighted by Gasteiger charge is -2.29. The number of hydrogen-bond acceptors (Lipinski definition) is 3. The standard InChI is InChI=1S/C12H8ClFN2O2.C7H15N/c13-9-6-7(14)4-5-8(9)12(18)16-10-2-1-3-11(17)15-10;1-7-5-3-4-6-8(7)2/h1-6H,(H2,15,16,17,18);7H,3-6H2,1-2H3/t;7-/m.0/s1. The number of carbonyl (C=O) groups is 1. The number of pyridine rings is 1. The number of nitrogens with one attached hydrogen (secondary N) is 2. The Balaban J connectivity index is 0.000000254. The number of carbonyl (C=O) groups excluding carboxylic acids is 1. The highest BCUT2D eigenvalue weighted by Gasteiger charge is 2.12. The Bertz CT molecular complexity index is 799. The molecule has 0 bridgehead atoms. The Labute approximate surface area is 157 Å². The van der Waals surface area contributed by atoms with E-state index in [1.165, 1.54) is 50.1 Å². The van der Waals surface area contributed by atoms with Crippen molar-refractivity contribution in [2.75, 3.05) is 18.9 Å². The summed E-state index contributed by atoms with van der Waals surface area (Å²) in [5, 5.41) is 2.46. The van der Waals surface area contributed by atoms with Gasteiger partial charge in [-0.3, -0.25) is 9.59 Å². The molecule has 26 heavy (non-hydrogen) atoms. The minimum Gasteiger partial charge on any atom is -0.309 e. The lowest BCUT2D eigenvalue weighted by Crippen LogP contribution is -2.33. The average molecular weight is 380 g/mol. The third-order valence-electron chi connectivity index (χ3n) is 4.33. The minimum atomic E-state index is -0.526. The van der Waals surface area contributed by atoms with Crippen molar-refractivity contribution in [2.45, 2.75) is 32.2 Å². The molecule has 1 fully saturated rings. The second-order valence-electron chi connectivity index (χ2n) is 6.33. The summed E-state index contributed by atoms with van der Waals surface area (Å²) in [5.74, 6) is -0.806. The molecule has 1 saturated heterocycles. The molecule has 1 aliphatic rings. The van der Waals surface area contributed by atoms with Gasteiger partial charge < -0.3 is 15.2 Å². The van der Waals surface area contributed by atoms with E-state index in [2.05, 4.69) is 29.2 Å². The van der Waals surface area contributed by atoms with Crippen LogP contribution in [-0.2, 0) is 0 Å². The fraction of sp³-hybridized carbons (Fsp3) is 0.368. The van der Waals surface area contributed by atoms with Crippen molar-refractivity contribution in [1.82, 2.24) is 9.88 Å². The summed E-state index contributed by atoms with van der Waals surface area (Å²) in [4.78, 5) is 27.7. The van der Waals surface area contributed by atoms with Gasteiger partial charge in [-0.2, -0.15) is 0 Å². The van der Waals surface area contributed by atoms with Crippen molar-refractivity contribution < 1.29 is 9.18 Å². The molecule has 0 aliphatic carbocycles. The Morgan fingerprint density at radius 3 is 2.65 bits per heavy atom. The third-order valence-corrected chi connectivity index (χ3v) is 4.64. The van der Waals surface area contributed by atoms with E-state index < -0.39 is 11.7 Å². The molecule has 140 valence electrons. The number of aromatic nitrogens is 1. The van der Waals surface area contributed by atoms with Crippen LogP contribution in [0, 0.1) is 5.82 Å². The van der Waals surface area contributed by atoms with Crippen molar-refractivity contribution in [3.63, 3.8) is 0 Å². The SMILES string of the molecule is C[C@H]1CCCCN1C.O=C(Nc1cccc(=O)[nH]1)c1ccc(F)cc1Cl. The molecule has 2 aromatic rings. The molecule has 0 radical (unpaired) electrons. The highest BCUT2D eigenvalue weighted by Crippen LogP contribution is 2.18. The summed E-state index contributed by atoms with van der Waals surface area (Å²) < 4.78 is 12.8. The number of H-pyrrole nitrogens is 1. The maximum absolute atomic E-state index is 12.8. The van der Waals surface area contributed by atoms with Gasteiger partial charge in [-0.25, -0.2) is 4.39 Å². The van der Waals surface area contributed by atoms with Crippen LogP contribution in [0.25, 0.3) is 0 Å². The number of amides is 1. The van der Waals surface area contributed by atoms with Gasteiger partial charge in [0.1, 0.15) is 11.6 Å². The van der Waals surface area contributed by atoms with Crippen molar-refractivity contribution in [2.24, 2.45) is 0 Å². The number of anilines is 1. The zero-order valence-electron chi connectivity index (χ0n) is 14.9. The molecule has 0 saturated carbocycles. The van der Waals surface area contributed by atoms with Gasteiger partial charge in [0.25, 0.3) is 5.91 Å². The number of piperidine rings is 1. The second-order valence-corrected chi connectivity index (χ2v) is 6.74. The molecule has 5 nitrogen and oxygen atoms in total. The maximum atomic E-state index is 12.8. The molecular weight excluding hydrogens is 357 g/mol. The van der Waals surface area contributed by atoms with E-state index in [1.807, 2.05) is 0 Å². The number of rotatable bonds is 2. The first-order valence-electron chi connectivity index (χ1n) is 8.53. The number of halogens is 2. The molecule has 1 aromatic heterocycles. The number of likely N-dealkylation sites (tertiary alicyclic amines) is 1. The molecule has 1 amide bonds. The molecule has 0 unspecified atom stereocenters. The molecule has 1 aliphatic heterocycles. The first-order chi connectivity index (χ1) is 12.4. The number of nitrogens with zero attached hydrogens (tertiary/aromatic N) is 1. The lowest BCUT2D eigenvalue weighted by molar-refractivity contribution is 0.102. The molecular formula is C19H23ClFN3O2. The highest BCUT2D eigenvalue weighted by atomic mass is 35.5. The van der Waals surface area contributed by atoms with Gasteiger partial charge in [0.15, 0.2) is 0 Å². The Morgan fingerprint density at radius 2 is 2.08 bits per heavy atom. The van der Waals surface area contributed by atoms with Crippen LogP contribution in [0.2, 0.25) is 5.02 Å². The monoisotopic (exact) mass is 379 g/mol. The fourth-order valence-corrected chi connectivity index (χ4v) is 2.88.